The van der Waals surface area contributed by atoms with Gasteiger partial charge < -0.3 is 10.4 Å². The van der Waals surface area contributed by atoms with Gasteiger partial charge in [0.2, 0.25) is 5.91 Å². The van der Waals surface area contributed by atoms with Crippen molar-refractivity contribution in [3.63, 3.8) is 0 Å². The second-order valence-corrected chi connectivity index (χ2v) is 5.59. The summed E-state index contributed by atoms with van der Waals surface area (Å²) in [5, 5.41) is 11.4. The molecule has 0 aliphatic carbocycles. The lowest BCUT2D eigenvalue weighted by Crippen LogP contribution is -2.40. The Morgan fingerprint density at radius 1 is 1.15 bits per heavy atom. The van der Waals surface area contributed by atoms with Crippen LogP contribution in [0.25, 0.3) is 0 Å². The van der Waals surface area contributed by atoms with E-state index in [-0.39, 0.29) is 11.8 Å². The highest BCUT2D eigenvalue weighted by molar-refractivity contribution is 5.87. The Morgan fingerprint density at radius 3 is 2.30 bits per heavy atom. The number of hydrogen-bond donors (Lipinski definition) is 2. The molecule has 1 rings (SSSR count). The Labute approximate surface area is 120 Å². The molecule has 20 heavy (non-hydrogen) atoms. The Balaban J connectivity index is 2.88. The monoisotopic (exact) mass is 277 g/mol. The van der Waals surface area contributed by atoms with Gasteiger partial charge in [0.05, 0.1) is 5.92 Å². The van der Waals surface area contributed by atoms with Crippen molar-refractivity contribution in [1.82, 2.24) is 5.32 Å². The largest absolute Gasteiger partial charge is 0.480 e. The first kappa shape index (κ1) is 16.2. The molecule has 0 aromatic heterocycles. The number of rotatable bonds is 6. The quantitative estimate of drug-likeness (QED) is 0.840. The number of carboxylic acids is 1. The first-order valence-electron chi connectivity index (χ1n) is 6.94. The predicted molar refractivity (Wildman–Crippen MR) is 78.6 cm³/mol. The molecule has 0 fully saturated rings. The molecule has 0 heterocycles. The Bertz CT molecular complexity index is 482. The molecule has 2 atom stereocenters. The van der Waals surface area contributed by atoms with Gasteiger partial charge in [-0.05, 0) is 37.3 Å². The van der Waals surface area contributed by atoms with E-state index in [4.69, 9.17) is 5.11 Å². The lowest BCUT2D eigenvalue weighted by atomic mass is 9.90. The molecule has 1 aromatic rings. The van der Waals surface area contributed by atoms with Gasteiger partial charge in [-0.1, -0.05) is 38.1 Å². The number of amides is 1. The topological polar surface area (TPSA) is 66.4 Å². The third-order valence-electron chi connectivity index (χ3n) is 3.27. The van der Waals surface area contributed by atoms with Gasteiger partial charge in [-0.2, -0.15) is 0 Å². The molecule has 0 aliphatic rings. The highest BCUT2D eigenvalue weighted by Crippen LogP contribution is 2.22. The maximum Gasteiger partial charge on any atom is 0.325 e. The molecule has 0 unspecified atom stereocenters. The van der Waals surface area contributed by atoms with Crippen LogP contribution in [0.5, 0.6) is 0 Å². The third kappa shape index (κ3) is 4.37. The zero-order valence-electron chi connectivity index (χ0n) is 12.5. The normalized spacial score (nSPS) is 13.8. The standard InChI is InChI=1S/C16H23NO3/c1-10(2)9-13-7-5-6-8-14(13)11(3)15(18)17-12(4)16(19)20/h5-8,10-12H,9H2,1-4H3,(H,17,18)(H,19,20)/t11-,12-/m1/s1. The highest BCUT2D eigenvalue weighted by atomic mass is 16.4. The van der Waals surface area contributed by atoms with Crippen LogP contribution in [0, 0.1) is 5.92 Å². The van der Waals surface area contributed by atoms with Crippen LogP contribution >= 0.6 is 0 Å². The fraction of sp³-hybridized carbons (Fsp3) is 0.500. The molecule has 110 valence electrons. The Kier molecular flexibility index (Phi) is 5.74. The van der Waals surface area contributed by atoms with Crippen LogP contribution in [0.15, 0.2) is 24.3 Å². The lowest BCUT2D eigenvalue weighted by Gasteiger charge is -2.19. The smallest absolute Gasteiger partial charge is 0.325 e. The van der Waals surface area contributed by atoms with Gasteiger partial charge >= 0.3 is 5.97 Å². The first-order chi connectivity index (χ1) is 9.32. The molecule has 0 saturated carbocycles. The summed E-state index contributed by atoms with van der Waals surface area (Å²) >= 11 is 0. The summed E-state index contributed by atoms with van der Waals surface area (Å²) in [5.74, 6) is -1.13. The molecule has 0 aliphatic heterocycles. The third-order valence-corrected chi connectivity index (χ3v) is 3.27. The summed E-state index contributed by atoms with van der Waals surface area (Å²) in [6, 6.07) is 6.96. The van der Waals surface area contributed by atoms with Gasteiger partial charge in [0.15, 0.2) is 0 Å². The van der Waals surface area contributed by atoms with Crippen LogP contribution in [0.4, 0.5) is 0 Å². The molecule has 1 amide bonds. The maximum absolute atomic E-state index is 12.1. The van der Waals surface area contributed by atoms with Gasteiger partial charge in [-0.25, -0.2) is 0 Å². The van der Waals surface area contributed by atoms with Crippen molar-refractivity contribution in [2.75, 3.05) is 0 Å². The fourth-order valence-electron chi connectivity index (χ4n) is 2.12. The van der Waals surface area contributed by atoms with Gasteiger partial charge in [-0.3, -0.25) is 9.59 Å². The Hall–Kier alpha value is -1.84. The summed E-state index contributed by atoms with van der Waals surface area (Å²) in [6.45, 7) is 7.54. The van der Waals surface area contributed by atoms with Gasteiger partial charge in [0.25, 0.3) is 0 Å². The molecule has 0 bridgehead atoms. The zero-order chi connectivity index (χ0) is 15.3. The van der Waals surface area contributed by atoms with Crippen LogP contribution in [0.1, 0.15) is 44.7 Å². The average molecular weight is 277 g/mol. The van der Waals surface area contributed by atoms with Gasteiger partial charge in [0.1, 0.15) is 6.04 Å². The van der Waals surface area contributed by atoms with E-state index in [1.807, 2.05) is 31.2 Å². The summed E-state index contributed by atoms with van der Waals surface area (Å²) < 4.78 is 0. The van der Waals surface area contributed by atoms with E-state index < -0.39 is 12.0 Å². The maximum atomic E-state index is 12.1. The molecule has 0 saturated heterocycles. The van der Waals surface area contributed by atoms with Gasteiger partial charge in [0, 0.05) is 0 Å². The number of carbonyl (C=O) groups is 2. The van der Waals surface area contributed by atoms with Crippen LogP contribution in [0.3, 0.4) is 0 Å². The summed E-state index contributed by atoms with van der Waals surface area (Å²) in [7, 11) is 0. The van der Waals surface area contributed by atoms with Crippen molar-refractivity contribution in [2.45, 2.75) is 46.1 Å². The average Bonchev–Trinajstić information content (AvgIpc) is 2.37. The van der Waals surface area contributed by atoms with E-state index >= 15 is 0 Å². The fourth-order valence-corrected chi connectivity index (χ4v) is 2.12. The molecule has 2 N–H and O–H groups in total. The number of carboxylic acid groups (broad SMARTS) is 1. The minimum absolute atomic E-state index is 0.254. The van der Waals surface area contributed by atoms with E-state index in [0.717, 1.165) is 17.5 Å². The van der Waals surface area contributed by atoms with E-state index in [1.54, 1.807) is 0 Å². The number of nitrogens with one attached hydrogen (secondary N) is 1. The van der Waals surface area contributed by atoms with Crippen molar-refractivity contribution in [2.24, 2.45) is 5.92 Å². The van der Waals surface area contributed by atoms with Crippen LogP contribution in [0.2, 0.25) is 0 Å². The zero-order valence-corrected chi connectivity index (χ0v) is 12.5. The number of aliphatic carboxylic acids is 1. The molecular formula is C16H23NO3. The van der Waals surface area contributed by atoms with Crippen molar-refractivity contribution in [3.8, 4) is 0 Å². The molecule has 4 nitrogen and oxygen atoms in total. The molecule has 0 radical (unpaired) electrons. The minimum atomic E-state index is -1.03. The second-order valence-electron chi connectivity index (χ2n) is 5.59. The van der Waals surface area contributed by atoms with Crippen molar-refractivity contribution in [3.05, 3.63) is 35.4 Å². The molecule has 4 heteroatoms. The lowest BCUT2D eigenvalue weighted by molar-refractivity contribution is -0.141. The SMILES string of the molecule is CC(C)Cc1ccccc1[C@@H](C)C(=O)N[C@H](C)C(=O)O. The Morgan fingerprint density at radius 2 is 1.75 bits per heavy atom. The number of benzene rings is 1. The van der Waals surface area contributed by atoms with E-state index in [1.165, 1.54) is 6.92 Å². The van der Waals surface area contributed by atoms with Gasteiger partial charge in [-0.15, -0.1) is 0 Å². The predicted octanol–water partition coefficient (Wildman–Crippen LogP) is 2.58. The van der Waals surface area contributed by atoms with E-state index in [9.17, 15) is 9.59 Å². The summed E-state index contributed by atoms with van der Waals surface area (Å²) in [6.07, 6.45) is 0.905. The van der Waals surface area contributed by atoms with Crippen LogP contribution in [-0.2, 0) is 16.0 Å². The van der Waals surface area contributed by atoms with Crippen molar-refractivity contribution >= 4 is 11.9 Å². The summed E-state index contributed by atoms with van der Waals surface area (Å²) in [4.78, 5) is 22.9. The summed E-state index contributed by atoms with van der Waals surface area (Å²) in [5.41, 5.74) is 2.12. The van der Waals surface area contributed by atoms with Crippen molar-refractivity contribution in [1.29, 1.82) is 0 Å². The molecule has 0 spiro atoms. The van der Waals surface area contributed by atoms with Crippen LogP contribution in [-0.4, -0.2) is 23.0 Å². The molecule has 1 aromatic carbocycles. The first-order valence-corrected chi connectivity index (χ1v) is 6.94. The second kappa shape index (κ2) is 7.08. The van der Waals surface area contributed by atoms with Crippen molar-refractivity contribution < 1.29 is 14.7 Å². The minimum Gasteiger partial charge on any atom is -0.480 e. The highest BCUT2D eigenvalue weighted by Gasteiger charge is 2.22. The number of hydrogen-bond acceptors (Lipinski definition) is 2. The number of carbonyl (C=O) groups excluding carboxylic acids is 1. The van der Waals surface area contributed by atoms with Crippen LogP contribution < -0.4 is 5.32 Å². The van der Waals surface area contributed by atoms with E-state index in [0.29, 0.717) is 5.92 Å². The molecular weight excluding hydrogens is 254 g/mol. The van der Waals surface area contributed by atoms with E-state index in [2.05, 4.69) is 19.2 Å².